The minimum Gasteiger partial charge on any atom is -0.435 e. The highest BCUT2D eigenvalue weighted by Crippen LogP contribution is 2.22. The first-order valence-electron chi connectivity index (χ1n) is 11.1. The summed E-state index contributed by atoms with van der Waals surface area (Å²) < 4.78 is 52.0. The lowest BCUT2D eigenvalue weighted by Crippen LogP contribution is -2.44. The van der Waals surface area contributed by atoms with Gasteiger partial charge in [-0.1, -0.05) is 6.07 Å². The molecule has 0 spiro atoms. The van der Waals surface area contributed by atoms with Crippen molar-refractivity contribution in [2.24, 2.45) is 0 Å². The van der Waals surface area contributed by atoms with Gasteiger partial charge in [0.05, 0.1) is 24.1 Å². The van der Waals surface area contributed by atoms with Crippen molar-refractivity contribution in [3.63, 3.8) is 0 Å². The summed E-state index contributed by atoms with van der Waals surface area (Å²) in [5, 5.41) is 4.62. The van der Waals surface area contributed by atoms with E-state index in [9.17, 15) is 18.0 Å². The molecular formula is C23H23F3N6O3. The van der Waals surface area contributed by atoms with Gasteiger partial charge in [0.1, 0.15) is 23.5 Å². The molecule has 2 unspecified atom stereocenters. The van der Waals surface area contributed by atoms with Gasteiger partial charge < -0.3 is 9.47 Å². The van der Waals surface area contributed by atoms with Crippen LogP contribution in [-0.4, -0.2) is 61.0 Å². The number of nitrogens with zero attached hydrogens (tertiary/aromatic N) is 6. The molecule has 1 aliphatic heterocycles. The van der Waals surface area contributed by atoms with E-state index < -0.39 is 18.1 Å². The quantitative estimate of drug-likeness (QED) is 0.413. The van der Waals surface area contributed by atoms with Crippen molar-refractivity contribution < 1.29 is 22.6 Å². The summed E-state index contributed by atoms with van der Waals surface area (Å²) in [6.45, 7) is 3.02. The maximum absolute atomic E-state index is 14.6. The van der Waals surface area contributed by atoms with Crippen LogP contribution in [0.5, 0.6) is 5.75 Å². The summed E-state index contributed by atoms with van der Waals surface area (Å²) in [6, 6.07) is 5.29. The number of ether oxygens (including phenoxy) is 2. The minimum absolute atomic E-state index is 0.108. The molecule has 5 rings (SSSR count). The Bertz CT molecular complexity index is 1430. The van der Waals surface area contributed by atoms with Gasteiger partial charge in [0.15, 0.2) is 5.65 Å². The number of rotatable bonds is 6. The molecule has 1 aromatic carbocycles. The lowest BCUT2D eigenvalue weighted by Gasteiger charge is -2.35. The van der Waals surface area contributed by atoms with Crippen LogP contribution in [0.3, 0.4) is 0 Å². The molecule has 1 aliphatic rings. The van der Waals surface area contributed by atoms with E-state index in [2.05, 4.69) is 24.7 Å². The Hall–Kier alpha value is -3.51. The summed E-state index contributed by atoms with van der Waals surface area (Å²) in [7, 11) is 0. The van der Waals surface area contributed by atoms with Gasteiger partial charge in [0.2, 0.25) is 0 Å². The first-order valence-corrected chi connectivity index (χ1v) is 11.1. The van der Waals surface area contributed by atoms with Crippen molar-refractivity contribution in [3.8, 4) is 5.75 Å². The van der Waals surface area contributed by atoms with Crippen LogP contribution in [0.4, 0.5) is 13.2 Å². The average Bonchev–Trinajstić information content (AvgIpc) is 3.27. The smallest absolute Gasteiger partial charge is 0.387 e. The highest BCUT2D eigenvalue weighted by Gasteiger charge is 2.23. The largest absolute Gasteiger partial charge is 0.435 e. The van der Waals surface area contributed by atoms with Crippen LogP contribution < -0.4 is 10.4 Å². The number of fused-ring (bicyclic) bond motifs is 3. The topological polar surface area (TPSA) is 86.8 Å². The van der Waals surface area contributed by atoms with Crippen LogP contribution in [0, 0.1) is 5.82 Å². The normalized spacial score (nSPS) is 19.1. The number of benzene rings is 1. The second-order valence-electron chi connectivity index (χ2n) is 8.66. The van der Waals surface area contributed by atoms with E-state index in [-0.39, 0.29) is 30.1 Å². The van der Waals surface area contributed by atoms with E-state index in [0.29, 0.717) is 23.2 Å². The molecule has 3 aromatic heterocycles. The second-order valence-corrected chi connectivity index (χ2v) is 8.66. The van der Waals surface area contributed by atoms with Crippen LogP contribution in [0.25, 0.3) is 16.7 Å². The van der Waals surface area contributed by atoms with Crippen molar-refractivity contribution in [1.82, 2.24) is 29.0 Å². The zero-order valence-corrected chi connectivity index (χ0v) is 19.1. The van der Waals surface area contributed by atoms with Gasteiger partial charge in [-0.25, -0.2) is 19.2 Å². The van der Waals surface area contributed by atoms with Gasteiger partial charge in [0, 0.05) is 37.5 Å². The third-order valence-electron chi connectivity index (χ3n) is 5.86. The fourth-order valence-corrected chi connectivity index (χ4v) is 4.55. The maximum Gasteiger partial charge on any atom is 0.387 e. The molecule has 4 aromatic rings. The van der Waals surface area contributed by atoms with Crippen LogP contribution in [0.2, 0.25) is 0 Å². The standard InChI is InChI=1S/C23H23F3N6O3/c1-13-8-30(9-14(2)34-13)10-15-5-18-20(27-7-15)31(23(33)32-21(18)28-12-29-32)11-16-3-4-17(6-19(16)24)35-22(25)26/h3-7,12-14,22H,8-11H2,1-2H3. The van der Waals surface area contributed by atoms with E-state index in [4.69, 9.17) is 4.74 Å². The van der Waals surface area contributed by atoms with Crippen LogP contribution >= 0.6 is 0 Å². The molecule has 12 heteroatoms. The van der Waals surface area contributed by atoms with Crippen LogP contribution in [0.15, 0.2) is 41.6 Å². The lowest BCUT2D eigenvalue weighted by atomic mass is 10.1. The monoisotopic (exact) mass is 488 g/mol. The SMILES string of the molecule is CC1CN(Cc2cnc3c(c2)c2ncnn2c(=O)n3Cc2ccc(OC(F)F)cc2F)CC(C)O1. The predicted octanol–water partition coefficient (Wildman–Crippen LogP) is 2.84. The molecule has 0 bridgehead atoms. The minimum atomic E-state index is -3.07. The Morgan fingerprint density at radius 1 is 1.11 bits per heavy atom. The Morgan fingerprint density at radius 3 is 2.60 bits per heavy atom. The highest BCUT2D eigenvalue weighted by molar-refractivity contribution is 5.89. The number of halogens is 3. The number of alkyl halides is 2. The van der Waals surface area contributed by atoms with E-state index >= 15 is 0 Å². The van der Waals surface area contributed by atoms with Gasteiger partial charge >= 0.3 is 12.3 Å². The molecule has 9 nitrogen and oxygen atoms in total. The van der Waals surface area contributed by atoms with Gasteiger partial charge in [-0.2, -0.15) is 18.4 Å². The third kappa shape index (κ3) is 4.71. The predicted molar refractivity (Wildman–Crippen MR) is 120 cm³/mol. The Kier molecular flexibility index (Phi) is 6.15. The molecule has 2 atom stereocenters. The summed E-state index contributed by atoms with van der Waals surface area (Å²) in [4.78, 5) is 24.2. The Labute approximate surface area is 197 Å². The first kappa shape index (κ1) is 23.2. The first-order chi connectivity index (χ1) is 16.8. The molecule has 1 saturated heterocycles. The fraction of sp³-hybridized carbons (Fsp3) is 0.391. The van der Waals surface area contributed by atoms with E-state index in [1.165, 1.54) is 23.0 Å². The fourth-order valence-electron chi connectivity index (χ4n) is 4.55. The number of hydrogen-bond acceptors (Lipinski definition) is 7. The van der Waals surface area contributed by atoms with Gasteiger partial charge in [-0.05, 0) is 31.5 Å². The molecule has 4 heterocycles. The average molecular weight is 488 g/mol. The van der Waals surface area contributed by atoms with Crippen molar-refractivity contribution in [2.45, 2.75) is 45.8 Å². The molecule has 0 amide bonds. The highest BCUT2D eigenvalue weighted by atomic mass is 19.3. The van der Waals surface area contributed by atoms with E-state index in [0.717, 1.165) is 29.2 Å². The molecule has 1 fully saturated rings. The molecule has 184 valence electrons. The summed E-state index contributed by atoms with van der Waals surface area (Å²) in [5.74, 6) is -1.09. The van der Waals surface area contributed by atoms with Crippen molar-refractivity contribution in [2.75, 3.05) is 13.1 Å². The van der Waals surface area contributed by atoms with Gasteiger partial charge in [-0.3, -0.25) is 9.47 Å². The van der Waals surface area contributed by atoms with E-state index in [1.807, 2.05) is 19.9 Å². The van der Waals surface area contributed by atoms with Gasteiger partial charge in [0.25, 0.3) is 0 Å². The van der Waals surface area contributed by atoms with E-state index in [1.54, 1.807) is 6.20 Å². The Morgan fingerprint density at radius 2 is 1.89 bits per heavy atom. The second kappa shape index (κ2) is 9.27. The van der Waals surface area contributed by atoms with Crippen molar-refractivity contribution >= 4 is 16.7 Å². The molecular weight excluding hydrogens is 465 g/mol. The number of morpholine rings is 1. The molecule has 0 radical (unpaired) electrons. The van der Waals surface area contributed by atoms with Crippen molar-refractivity contribution in [1.29, 1.82) is 0 Å². The molecule has 35 heavy (non-hydrogen) atoms. The third-order valence-corrected chi connectivity index (χ3v) is 5.86. The van der Waals surface area contributed by atoms with Crippen LogP contribution in [0.1, 0.15) is 25.0 Å². The molecule has 0 aliphatic carbocycles. The molecule has 0 saturated carbocycles. The van der Waals surface area contributed by atoms with Gasteiger partial charge in [-0.15, -0.1) is 0 Å². The maximum atomic E-state index is 14.6. The van der Waals surface area contributed by atoms with Crippen LogP contribution in [-0.2, 0) is 17.8 Å². The summed E-state index contributed by atoms with van der Waals surface area (Å²) in [5.41, 5.74) is 1.15. The Balaban J connectivity index is 1.53. The number of aromatic nitrogens is 5. The lowest BCUT2D eigenvalue weighted by molar-refractivity contribution is -0.0705. The number of pyridine rings is 1. The summed E-state index contributed by atoms with van der Waals surface area (Å²) >= 11 is 0. The zero-order chi connectivity index (χ0) is 24.7. The van der Waals surface area contributed by atoms with Crippen molar-refractivity contribution in [3.05, 3.63) is 64.2 Å². The number of hydrogen-bond donors (Lipinski definition) is 0. The zero-order valence-electron chi connectivity index (χ0n) is 19.1. The summed E-state index contributed by atoms with van der Waals surface area (Å²) in [6.07, 6.45) is 3.20. The molecule has 0 N–H and O–H groups in total.